The molecule has 1 amide bonds. The first-order chi connectivity index (χ1) is 13.1. The molecule has 3 rings (SSSR count). The number of carbonyl (C=O) groups excluding carboxylic acids is 1. The van der Waals surface area contributed by atoms with E-state index in [-0.39, 0.29) is 5.91 Å². The van der Waals surface area contributed by atoms with Crippen LogP contribution < -0.4 is 10.1 Å². The third-order valence-electron chi connectivity index (χ3n) is 3.63. The number of aromatic nitrogens is 1. The number of carbonyl (C=O) groups is 1. The maximum atomic E-state index is 12.0. The van der Waals surface area contributed by atoms with E-state index in [2.05, 4.69) is 16.9 Å². The fourth-order valence-electron chi connectivity index (χ4n) is 2.26. The molecule has 138 valence electrons. The highest BCUT2D eigenvalue weighted by molar-refractivity contribution is 7.13. The Balaban J connectivity index is 1.69. The fraction of sp³-hybridized carbons (Fsp3) is 0.100. The van der Waals surface area contributed by atoms with Gasteiger partial charge in [0.15, 0.2) is 0 Å². The molecule has 0 aliphatic rings. The number of nitrogens with one attached hydrogen (secondary N) is 1. The van der Waals surface area contributed by atoms with Crippen LogP contribution in [-0.2, 0) is 6.61 Å². The van der Waals surface area contributed by atoms with Gasteiger partial charge >= 0.3 is 0 Å². The van der Waals surface area contributed by atoms with Crippen molar-refractivity contribution in [3.05, 3.63) is 81.8 Å². The molecule has 1 heterocycles. The number of ether oxygens (including phenoxy) is 1. The number of halogens is 2. The summed E-state index contributed by atoms with van der Waals surface area (Å²) in [5.74, 6) is 0.413. The third kappa shape index (κ3) is 5.10. The average Bonchev–Trinajstić information content (AvgIpc) is 3.15. The van der Waals surface area contributed by atoms with Crippen LogP contribution in [-0.4, -0.2) is 17.4 Å². The number of amides is 1. The Bertz CT molecular complexity index is 955. The lowest BCUT2D eigenvalue weighted by Crippen LogP contribution is -2.23. The maximum Gasteiger partial charge on any atom is 0.271 e. The quantitative estimate of drug-likeness (QED) is 0.507. The van der Waals surface area contributed by atoms with Gasteiger partial charge in [-0.1, -0.05) is 41.4 Å². The van der Waals surface area contributed by atoms with Gasteiger partial charge in [-0.05, 0) is 35.9 Å². The second-order valence-electron chi connectivity index (χ2n) is 5.59. The van der Waals surface area contributed by atoms with Crippen LogP contribution in [0.1, 0.15) is 16.1 Å². The molecular weight excluding hydrogens is 403 g/mol. The molecular formula is C20H16Cl2N2O2S. The second kappa shape index (κ2) is 9.04. The normalized spacial score (nSPS) is 10.4. The van der Waals surface area contributed by atoms with Crippen molar-refractivity contribution in [1.29, 1.82) is 0 Å². The Labute approximate surface area is 171 Å². The van der Waals surface area contributed by atoms with Gasteiger partial charge in [-0.3, -0.25) is 4.79 Å². The van der Waals surface area contributed by atoms with E-state index in [1.807, 2.05) is 36.4 Å². The fourth-order valence-corrected chi connectivity index (χ4v) is 3.54. The standard InChI is InChI=1S/C20H16Cl2N2O2S/c1-2-9-23-19(25)18-12-27-20(24-18)16-8-7-15(10-17(16)22)26-11-13-3-5-14(21)6-4-13/h2-8,10,12H,1,9,11H2,(H,23,25). The van der Waals surface area contributed by atoms with E-state index in [9.17, 15) is 4.79 Å². The van der Waals surface area contributed by atoms with Gasteiger partial charge in [0.1, 0.15) is 23.1 Å². The number of thiazole rings is 1. The predicted octanol–water partition coefficient (Wildman–Crippen LogP) is 5.61. The lowest BCUT2D eigenvalue weighted by molar-refractivity contribution is 0.0954. The van der Waals surface area contributed by atoms with Crippen LogP contribution >= 0.6 is 34.5 Å². The minimum atomic E-state index is -0.239. The zero-order valence-electron chi connectivity index (χ0n) is 14.2. The molecule has 0 aliphatic carbocycles. The molecule has 0 saturated heterocycles. The van der Waals surface area contributed by atoms with Crippen LogP contribution in [0.25, 0.3) is 10.6 Å². The lowest BCUT2D eigenvalue weighted by Gasteiger charge is -2.08. The molecule has 1 aromatic heterocycles. The third-order valence-corrected chi connectivity index (χ3v) is 5.07. The van der Waals surface area contributed by atoms with Crippen molar-refractivity contribution >= 4 is 40.4 Å². The van der Waals surface area contributed by atoms with E-state index in [1.165, 1.54) is 11.3 Å². The van der Waals surface area contributed by atoms with Crippen LogP contribution in [0.4, 0.5) is 0 Å². The Morgan fingerprint density at radius 2 is 2.00 bits per heavy atom. The van der Waals surface area contributed by atoms with Crippen LogP contribution in [0.15, 0.2) is 60.5 Å². The smallest absolute Gasteiger partial charge is 0.271 e. The number of rotatable bonds is 7. The van der Waals surface area contributed by atoms with Gasteiger partial charge < -0.3 is 10.1 Å². The number of nitrogens with zero attached hydrogens (tertiary/aromatic N) is 1. The van der Waals surface area contributed by atoms with Crippen LogP contribution in [0.5, 0.6) is 5.75 Å². The van der Waals surface area contributed by atoms with Gasteiger partial charge in [0.25, 0.3) is 5.91 Å². The van der Waals surface area contributed by atoms with E-state index in [1.54, 1.807) is 17.5 Å². The molecule has 0 saturated carbocycles. The van der Waals surface area contributed by atoms with Crippen molar-refractivity contribution in [2.75, 3.05) is 6.54 Å². The molecule has 0 aliphatic heterocycles. The predicted molar refractivity (Wildman–Crippen MR) is 111 cm³/mol. The molecule has 4 nitrogen and oxygen atoms in total. The monoisotopic (exact) mass is 418 g/mol. The van der Waals surface area contributed by atoms with Crippen molar-refractivity contribution in [3.8, 4) is 16.3 Å². The highest BCUT2D eigenvalue weighted by atomic mass is 35.5. The highest BCUT2D eigenvalue weighted by Crippen LogP contribution is 2.33. The van der Waals surface area contributed by atoms with Gasteiger partial charge in [0.2, 0.25) is 0 Å². The first-order valence-electron chi connectivity index (χ1n) is 8.08. The summed E-state index contributed by atoms with van der Waals surface area (Å²) in [6.07, 6.45) is 1.62. The molecule has 7 heteroatoms. The highest BCUT2D eigenvalue weighted by Gasteiger charge is 2.13. The molecule has 0 spiro atoms. The summed E-state index contributed by atoms with van der Waals surface area (Å²) < 4.78 is 5.77. The van der Waals surface area contributed by atoms with E-state index >= 15 is 0 Å². The van der Waals surface area contributed by atoms with Gasteiger partial charge in [0, 0.05) is 22.5 Å². The molecule has 0 unspecified atom stereocenters. The van der Waals surface area contributed by atoms with Crippen LogP contribution in [0, 0.1) is 0 Å². The summed E-state index contributed by atoms with van der Waals surface area (Å²) in [5, 5.41) is 6.27. The van der Waals surface area contributed by atoms with E-state index < -0.39 is 0 Å². The number of hydrogen-bond donors (Lipinski definition) is 1. The van der Waals surface area contributed by atoms with Crippen LogP contribution in [0.2, 0.25) is 10.0 Å². The Hall–Kier alpha value is -2.34. The van der Waals surface area contributed by atoms with Gasteiger partial charge in [-0.15, -0.1) is 17.9 Å². The summed E-state index contributed by atoms with van der Waals surface area (Å²) in [6.45, 7) is 4.38. The van der Waals surface area contributed by atoms with Crippen molar-refractivity contribution in [2.24, 2.45) is 0 Å². The van der Waals surface area contributed by atoms with E-state index in [0.717, 1.165) is 11.1 Å². The zero-order chi connectivity index (χ0) is 19.2. The largest absolute Gasteiger partial charge is 0.489 e. The van der Waals surface area contributed by atoms with Gasteiger partial charge in [-0.2, -0.15) is 0 Å². The second-order valence-corrected chi connectivity index (χ2v) is 7.30. The van der Waals surface area contributed by atoms with E-state index in [4.69, 9.17) is 27.9 Å². The minimum absolute atomic E-state index is 0.239. The lowest BCUT2D eigenvalue weighted by atomic mass is 10.2. The Morgan fingerprint density at radius 1 is 1.22 bits per heavy atom. The summed E-state index contributed by atoms with van der Waals surface area (Å²) in [5.41, 5.74) is 2.12. The summed E-state index contributed by atoms with van der Waals surface area (Å²) >= 11 is 13.6. The van der Waals surface area contributed by atoms with Gasteiger partial charge in [0.05, 0.1) is 5.02 Å². The van der Waals surface area contributed by atoms with E-state index in [0.29, 0.717) is 39.6 Å². The molecule has 3 aromatic rings. The first kappa shape index (κ1) is 19.4. The van der Waals surface area contributed by atoms with Gasteiger partial charge in [-0.25, -0.2) is 4.98 Å². The SMILES string of the molecule is C=CCNC(=O)c1csc(-c2ccc(OCc3ccc(Cl)cc3)cc2Cl)n1. The summed E-state index contributed by atoms with van der Waals surface area (Å²) in [4.78, 5) is 16.3. The zero-order valence-corrected chi connectivity index (χ0v) is 16.6. The molecule has 1 N–H and O–H groups in total. The number of hydrogen-bond acceptors (Lipinski definition) is 4. The minimum Gasteiger partial charge on any atom is -0.489 e. The van der Waals surface area contributed by atoms with Crippen molar-refractivity contribution < 1.29 is 9.53 Å². The summed E-state index contributed by atoms with van der Waals surface area (Å²) in [7, 11) is 0. The van der Waals surface area contributed by atoms with Crippen LogP contribution in [0.3, 0.4) is 0 Å². The molecule has 2 aromatic carbocycles. The molecule has 0 bridgehead atoms. The maximum absolute atomic E-state index is 12.0. The Kier molecular flexibility index (Phi) is 6.50. The molecule has 27 heavy (non-hydrogen) atoms. The van der Waals surface area contributed by atoms with Crippen molar-refractivity contribution in [3.63, 3.8) is 0 Å². The molecule has 0 atom stereocenters. The van der Waals surface area contributed by atoms with Crippen molar-refractivity contribution in [1.82, 2.24) is 10.3 Å². The topological polar surface area (TPSA) is 51.2 Å². The van der Waals surface area contributed by atoms with Crippen molar-refractivity contribution in [2.45, 2.75) is 6.61 Å². The molecule has 0 radical (unpaired) electrons. The Morgan fingerprint density at radius 3 is 2.70 bits per heavy atom. The summed E-state index contributed by atoms with van der Waals surface area (Å²) in [6, 6.07) is 12.9. The molecule has 0 fully saturated rings. The average molecular weight is 419 g/mol. The number of benzene rings is 2. The first-order valence-corrected chi connectivity index (χ1v) is 9.72.